The van der Waals surface area contributed by atoms with Crippen molar-refractivity contribution in [1.29, 1.82) is 0 Å². The molecule has 0 amide bonds. The van der Waals surface area contributed by atoms with Gasteiger partial charge in [-0.15, -0.1) is 0 Å². The minimum absolute atomic E-state index is 0.0767. The summed E-state index contributed by atoms with van der Waals surface area (Å²) in [7, 11) is 0. The number of rotatable bonds is 9. The van der Waals surface area contributed by atoms with Crippen molar-refractivity contribution < 1.29 is 0 Å². The summed E-state index contributed by atoms with van der Waals surface area (Å²) in [6, 6.07) is 0. The molecular weight excluding hydrogens is 387 g/mol. The van der Waals surface area contributed by atoms with Gasteiger partial charge in [0, 0.05) is 6.54 Å². The van der Waals surface area contributed by atoms with E-state index in [1.54, 1.807) is 11.2 Å². The van der Waals surface area contributed by atoms with E-state index in [1.165, 1.54) is 19.3 Å². The Morgan fingerprint density at radius 2 is 1.59 bits per heavy atom. The fourth-order valence-corrected chi connectivity index (χ4v) is 3.01. The van der Waals surface area contributed by atoms with Gasteiger partial charge in [0.15, 0.2) is 0 Å². The molecule has 0 aromatic heterocycles. The zero-order chi connectivity index (χ0) is 16.8. The molecule has 0 radical (unpaired) electrons. The minimum atomic E-state index is -1.83. The summed E-state index contributed by atoms with van der Waals surface area (Å²) in [5.41, 5.74) is 0. The Labute approximate surface area is 158 Å². The monoisotopic (exact) mass is 409 g/mol. The van der Waals surface area contributed by atoms with E-state index in [4.69, 9.17) is 58.0 Å². The van der Waals surface area contributed by atoms with E-state index < -0.39 is 8.25 Å². The number of hydrazone groups is 1. The van der Waals surface area contributed by atoms with Gasteiger partial charge in [-0.3, -0.25) is 5.01 Å². The first-order valence-corrected chi connectivity index (χ1v) is 9.68. The van der Waals surface area contributed by atoms with Crippen molar-refractivity contribution in [1.82, 2.24) is 9.91 Å². The molecule has 130 valence electrons. The largest absolute Gasteiger partial charge is 0.304 e. The van der Waals surface area contributed by atoms with Crippen LogP contribution in [0.15, 0.2) is 5.10 Å². The van der Waals surface area contributed by atoms with Crippen molar-refractivity contribution >= 4 is 64.3 Å². The van der Waals surface area contributed by atoms with E-state index in [9.17, 15) is 0 Å². The van der Waals surface area contributed by atoms with Crippen molar-refractivity contribution in [3.05, 3.63) is 0 Å². The van der Waals surface area contributed by atoms with Crippen LogP contribution in [0, 0.1) is 0 Å². The van der Waals surface area contributed by atoms with Gasteiger partial charge in [0.05, 0.1) is 0 Å². The molecule has 0 aliphatic carbocycles. The van der Waals surface area contributed by atoms with Crippen molar-refractivity contribution in [2.75, 3.05) is 6.54 Å². The first kappa shape index (κ1) is 20.8. The first-order valence-electron chi connectivity index (χ1n) is 7.79. The fraction of sp³-hybridized carbons (Fsp3) is 0.929. The summed E-state index contributed by atoms with van der Waals surface area (Å²) in [6.45, 7) is 5.18. The molecule has 0 saturated heterocycles. The minimum Gasteiger partial charge on any atom is -0.304 e. The van der Waals surface area contributed by atoms with Crippen LogP contribution in [0.1, 0.15) is 58.8 Å². The Bertz CT molecular complexity index is 357. The standard InChI is InChI=1S/C14H24Cl5N3/c1-3-5-7-8-10-22-12(9-6-4-2)21(11-20-22)14(18,19)13(15,16)17/h11-12H,3-10H2,1-2H3. The third kappa shape index (κ3) is 5.37. The topological polar surface area (TPSA) is 18.8 Å². The lowest BCUT2D eigenvalue weighted by Crippen LogP contribution is -2.54. The maximum absolute atomic E-state index is 6.32. The molecule has 0 N–H and O–H groups in total. The van der Waals surface area contributed by atoms with Gasteiger partial charge in [-0.2, -0.15) is 5.10 Å². The van der Waals surface area contributed by atoms with Gasteiger partial charge in [0.25, 0.3) is 0 Å². The number of unbranched alkanes of at least 4 members (excludes halogenated alkanes) is 4. The highest BCUT2D eigenvalue weighted by Crippen LogP contribution is 2.49. The molecule has 0 saturated carbocycles. The van der Waals surface area contributed by atoms with Gasteiger partial charge in [0.2, 0.25) is 8.25 Å². The smallest absolute Gasteiger partial charge is 0.241 e. The number of halogens is 5. The van der Waals surface area contributed by atoms with Crippen LogP contribution >= 0.6 is 58.0 Å². The van der Waals surface area contributed by atoms with E-state index in [0.29, 0.717) is 0 Å². The lowest BCUT2D eigenvalue weighted by molar-refractivity contribution is 0.101. The van der Waals surface area contributed by atoms with Gasteiger partial charge in [-0.05, 0) is 19.3 Å². The van der Waals surface area contributed by atoms with E-state index in [0.717, 1.165) is 32.2 Å². The second-order valence-electron chi connectivity index (χ2n) is 5.52. The van der Waals surface area contributed by atoms with Crippen molar-refractivity contribution in [2.24, 2.45) is 5.10 Å². The van der Waals surface area contributed by atoms with Crippen LogP contribution in [0.5, 0.6) is 0 Å². The molecule has 0 aromatic carbocycles. The van der Waals surface area contributed by atoms with E-state index >= 15 is 0 Å². The number of nitrogens with zero attached hydrogens (tertiary/aromatic N) is 3. The number of alkyl halides is 5. The predicted octanol–water partition coefficient (Wildman–Crippen LogP) is 6.15. The summed E-state index contributed by atoms with van der Waals surface area (Å²) < 4.78 is -3.48. The van der Waals surface area contributed by atoms with Crippen LogP contribution in [0.2, 0.25) is 0 Å². The van der Waals surface area contributed by atoms with Crippen LogP contribution in [-0.4, -0.2) is 37.2 Å². The van der Waals surface area contributed by atoms with Gasteiger partial charge in [-0.1, -0.05) is 97.5 Å². The first-order chi connectivity index (χ1) is 10.3. The highest BCUT2D eigenvalue weighted by molar-refractivity contribution is 6.75. The normalized spacial score (nSPS) is 19.3. The van der Waals surface area contributed by atoms with E-state index in [1.807, 2.05) is 5.01 Å². The third-order valence-electron chi connectivity index (χ3n) is 3.71. The lowest BCUT2D eigenvalue weighted by atomic mass is 10.1. The molecule has 22 heavy (non-hydrogen) atoms. The SMILES string of the molecule is CCCCCCN1N=CN(C(Cl)(Cl)C(Cl)(Cl)Cl)C1CCCC. The molecule has 3 nitrogen and oxygen atoms in total. The van der Waals surface area contributed by atoms with Crippen LogP contribution in [0.4, 0.5) is 0 Å². The maximum atomic E-state index is 6.32. The second-order valence-corrected chi connectivity index (χ2v) is 9.09. The number of hydrogen-bond acceptors (Lipinski definition) is 3. The molecule has 1 unspecified atom stereocenters. The summed E-state index contributed by atoms with van der Waals surface area (Å²) in [6.07, 6.45) is 9.16. The molecule has 1 aliphatic heterocycles. The van der Waals surface area contributed by atoms with Crippen molar-refractivity contribution in [2.45, 2.75) is 73.2 Å². The molecular formula is C14H24Cl5N3. The lowest BCUT2D eigenvalue weighted by Gasteiger charge is -2.41. The molecule has 1 atom stereocenters. The number of hydrogen-bond donors (Lipinski definition) is 0. The molecule has 1 heterocycles. The van der Waals surface area contributed by atoms with E-state index in [-0.39, 0.29) is 6.17 Å². The highest BCUT2D eigenvalue weighted by atomic mass is 35.6. The Kier molecular flexibility index (Phi) is 8.75. The predicted molar refractivity (Wildman–Crippen MR) is 99.2 cm³/mol. The average molecular weight is 412 g/mol. The molecule has 1 rings (SSSR count). The summed E-state index contributed by atoms with van der Waals surface area (Å²) >= 11 is 30.5. The summed E-state index contributed by atoms with van der Waals surface area (Å²) in [4.78, 5) is 1.65. The van der Waals surface area contributed by atoms with Gasteiger partial charge >= 0.3 is 0 Å². The fourth-order valence-electron chi connectivity index (χ4n) is 2.41. The van der Waals surface area contributed by atoms with Gasteiger partial charge in [-0.25, -0.2) is 0 Å². The van der Waals surface area contributed by atoms with Gasteiger partial charge < -0.3 is 4.90 Å². The molecule has 0 aromatic rings. The Hall–Kier alpha value is 0.720. The third-order valence-corrected chi connectivity index (χ3v) is 6.07. The molecule has 0 fully saturated rings. The highest BCUT2D eigenvalue weighted by Gasteiger charge is 2.54. The van der Waals surface area contributed by atoms with Crippen LogP contribution in [0.3, 0.4) is 0 Å². The zero-order valence-electron chi connectivity index (χ0n) is 13.0. The summed E-state index contributed by atoms with van der Waals surface area (Å²) in [5, 5.41) is 6.42. The van der Waals surface area contributed by atoms with Crippen LogP contribution < -0.4 is 0 Å². The molecule has 1 aliphatic rings. The maximum Gasteiger partial charge on any atom is 0.241 e. The molecule has 0 bridgehead atoms. The molecule has 8 heteroatoms. The van der Waals surface area contributed by atoms with Crippen LogP contribution in [0.25, 0.3) is 0 Å². The summed E-state index contributed by atoms with van der Waals surface area (Å²) in [5.74, 6) is 0. The van der Waals surface area contributed by atoms with E-state index in [2.05, 4.69) is 18.9 Å². The van der Waals surface area contributed by atoms with Crippen LogP contribution in [-0.2, 0) is 0 Å². The van der Waals surface area contributed by atoms with Crippen molar-refractivity contribution in [3.8, 4) is 0 Å². The van der Waals surface area contributed by atoms with Crippen molar-refractivity contribution in [3.63, 3.8) is 0 Å². The Balaban J connectivity index is 2.75. The quantitative estimate of drug-likeness (QED) is 0.258. The zero-order valence-corrected chi connectivity index (χ0v) is 16.8. The average Bonchev–Trinajstić information content (AvgIpc) is 2.83. The Morgan fingerprint density at radius 3 is 2.14 bits per heavy atom. The molecule has 0 spiro atoms. The van der Waals surface area contributed by atoms with Gasteiger partial charge in [0.1, 0.15) is 12.5 Å². The second kappa shape index (κ2) is 9.27. The Morgan fingerprint density at radius 1 is 0.955 bits per heavy atom.